The topological polar surface area (TPSA) is 3.24 Å². The number of nitrogens with zero attached hydrogens (tertiary/aromatic N) is 1. The van der Waals surface area contributed by atoms with E-state index in [2.05, 4.69) is 106 Å². The molecule has 0 aliphatic rings. The van der Waals surface area contributed by atoms with Crippen molar-refractivity contribution in [3.63, 3.8) is 0 Å². The van der Waals surface area contributed by atoms with Crippen LogP contribution in [0.3, 0.4) is 0 Å². The Morgan fingerprint density at radius 2 is 1.04 bits per heavy atom. The minimum absolute atomic E-state index is 0.934. The Bertz CT molecular complexity index is 684. The lowest BCUT2D eigenvalue weighted by atomic mass is 10.1. The molecule has 3 rings (SSSR count). The van der Waals surface area contributed by atoms with Gasteiger partial charge in [0.1, 0.15) is 0 Å². The third-order valence-electron chi connectivity index (χ3n) is 3.79. The van der Waals surface area contributed by atoms with Crippen LogP contribution in [-0.4, -0.2) is 4.90 Å². The Labute approximate surface area is 146 Å². The molecule has 1 nitrogen and oxygen atoms in total. The Morgan fingerprint density at radius 3 is 1.57 bits per heavy atom. The summed E-state index contributed by atoms with van der Waals surface area (Å²) in [6.45, 7) is 2.83. The van der Waals surface area contributed by atoms with Crippen LogP contribution in [0.25, 0.3) is 0 Å². The second kappa shape index (κ2) is 8.09. The van der Waals surface area contributed by atoms with E-state index < -0.39 is 0 Å². The van der Waals surface area contributed by atoms with E-state index in [9.17, 15) is 0 Å². The average Bonchev–Trinajstić information content (AvgIpc) is 2.57. The lowest BCUT2D eigenvalue weighted by Crippen LogP contribution is -2.22. The molecular formula is C21H20BrN. The van der Waals surface area contributed by atoms with E-state index >= 15 is 0 Å². The van der Waals surface area contributed by atoms with Gasteiger partial charge in [-0.05, 0) is 28.8 Å². The van der Waals surface area contributed by atoms with Crippen LogP contribution in [0.15, 0.2) is 89.4 Å². The predicted molar refractivity (Wildman–Crippen MR) is 100.0 cm³/mol. The van der Waals surface area contributed by atoms with Crippen LogP contribution in [0.4, 0.5) is 0 Å². The zero-order valence-corrected chi connectivity index (χ0v) is 14.6. The molecule has 0 fully saturated rings. The summed E-state index contributed by atoms with van der Waals surface area (Å²) in [5.74, 6) is 0. The summed E-state index contributed by atoms with van der Waals surface area (Å²) >= 11 is 3.57. The number of hydrogen-bond acceptors (Lipinski definition) is 1. The fraction of sp³-hybridized carbons (Fsp3) is 0.143. The van der Waals surface area contributed by atoms with Crippen molar-refractivity contribution >= 4 is 15.9 Å². The highest BCUT2D eigenvalue weighted by Gasteiger charge is 2.08. The fourth-order valence-electron chi connectivity index (χ4n) is 2.74. The molecular weight excluding hydrogens is 346 g/mol. The van der Waals surface area contributed by atoms with Crippen molar-refractivity contribution in [1.29, 1.82) is 0 Å². The monoisotopic (exact) mass is 365 g/mol. The molecule has 0 aromatic heterocycles. The minimum atomic E-state index is 0.934. The zero-order valence-electron chi connectivity index (χ0n) is 13.0. The SMILES string of the molecule is Brc1cccc(CN(Cc2ccccc2)Cc2ccccc2)c1. The molecule has 0 aliphatic heterocycles. The van der Waals surface area contributed by atoms with Crippen LogP contribution < -0.4 is 0 Å². The van der Waals surface area contributed by atoms with E-state index in [1.54, 1.807) is 0 Å². The summed E-state index contributed by atoms with van der Waals surface area (Å²) in [7, 11) is 0. The Balaban J connectivity index is 1.77. The van der Waals surface area contributed by atoms with Gasteiger partial charge in [-0.2, -0.15) is 0 Å². The van der Waals surface area contributed by atoms with Crippen LogP contribution >= 0.6 is 15.9 Å². The molecule has 3 aromatic carbocycles. The van der Waals surface area contributed by atoms with Gasteiger partial charge >= 0.3 is 0 Å². The van der Waals surface area contributed by atoms with Gasteiger partial charge in [0.05, 0.1) is 0 Å². The van der Waals surface area contributed by atoms with Crippen molar-refractivity contribution in [1.82, 2.24) is 4.90 Å². The molecule has 0 heterocycles. The van der Waals surface area contributed by atoms with Gasteiger partial charge in [0.2, 0.25) is 0 Å². The summed E-state index contributed by atoms with van der Waals surface area (Å²) in [4.78, 5) is 2.48. The first-order valence-corrected chi connectivity index (χ1v) is 8.63. The van der Waals surface area contributed by atoms with E-state index in [4.69, 9.17) is 0 Å². The zero-order chi connectivity index (χ0) is 15.9. The first-order valence-electron chi connectivity index (χ1n) is 7.84. The van der Waals surface area contributed by atoms with Crippen LogP contribution in [0, 0.1) is 0 Å². The van der Waals surface area contributed by atoms with Crippen molar-refractivity contribution in [3.8, 4) is 0 Å². The fourth-order valence-corrected chi connectivity index (χ4v) is 3.19. The van der Waals surface area contributed by atoms with E-state index in [1.165, 1.54) is 16.7 Å². The Morgan fingerprint density at radius 1 is 0.565 bits per heavy atom. The van der Waals surface area contributed by atoms with Crippen molar-refractivity contribution in [3.05, 3.63) is 106 Å². The van der Waals surface area contributed by atoms with E-state index in [-0.39, 0.29) is 0 Å². The van der Waals surface area contributed by atoms with Crippen molar-refractivity contribution in [2.24, 2.45) is 0 Å². The normalized spacial score (nSPS) is 10.9. The second-order valence-corrected chi connectivity index (χ2v) is 6.66. The first kappa shape index (κ1) is 16.0. The van der Waals surface area contributed by atoms with Gasteiger partial charge < -0.3 is 0 Å². The van der Waals surface area contributed by atoms with Gasteiger partial charge in [0, 0.05) is 24.1 Å². The maximum Gasteiger partial charge on any atom is 0.0241 e. The molecule has 0 unspecified atom stereocenters. The standard InChI is InChI=1S/C21H20BrN/c22-21-13-7-12-20(14-21)17-23(15-18-8-3-1-4-9-18)16-19-10-5-2-6-11-19/h1-14H,15-17H2. The third-order valence-corrected chi connectivity index (χ3v) is 4.29. The molecule has 0 saturated carbocycles. The van der Waals surface area contributed by atoms with E-state index in [0.717, 1.165) is 24.1 Å². The van der Waals surface area contributed by atoms with Crippen LogP contribution in [0.2, 0.25) is 0 Å². The molecule has 2 heteroatoms. The highest BCUT2D eigenvalue weighted by Crippen LogP contribution is 2.17. The van der Waals surface area contributed by atoms with Crippen LogP contribution in [-0.2, 0) is 19.6 Å². The third kappa shape index (κ3) is 5.05. The summed E-state index contributed by atoms with van der Waals surface area (Å²) in [6, 6.07) is 29.9. The molecule has 3 aromatic rings. The van der Waals surface area contributed by atoms with E-state index in [0.29, 0.717) is 0 Å². The van der Waals surface area contributed by atoms with Gasteiger partial charge in [0.25, 0.3) is 0 Å². The number of rotatable bonds is 6. The number of halogens is 1. The minimum Gasteiger partial charge on any atom is -0.291 e. The van der Waals surface area contributed by atoms with Gasteiger partial charge in [-0.25, -0.2) is 0 Å². The van der Waals surface area contributed by atoms with Gasteiger partial charge in [-0.1, -0.05) is 88.7 Å². The Kier molecular flexibility index (Phi) is 5.62. The largest absolute Gasteiger partial charge is 0.291 e. The predicted octanol–water partition coefficient (Wildman–Crippen LogP) is 5.65. The summed E-state index contributed by atoms with van der Waals surface area (Å²) in [6.07, 6.45) is 0. The van der Waals surface area contributed by atoms with Gasteiger partial charge in [0.15, 0.2) is 0 Å². The molecule has 0 radical (unpaired) electrons. The quantitative estimate of drug-likeness (QED) is 0.545. The molecule has 23 heavy (non-hydrogen) atoms. The molecule has 116 valence electrons. The average molecular weight is 366 g/mol. The van der Waals surface area contributed by atoms with Gasteiger partial charge in [-0.15, -0.1) is 0 Å². The second-order valence-electron chi connectivity index (χ2n) is 5.75. The summed E-state index contributed by atoms with van der Waals surface area (Å²) in [5.41, 5.74) is 4.02. The molecule has 0 atom stereocenters. The maximum atomic E-state index is 3.57. The molecule has 0 aliphatic carbocycles. The van der Waals surface area contributed by atoms with Crippen molar-refractivity contribution in [2.45, 2.75) is 19.6 Å². The highest BCUT2D eigenvalue weighted by molar-refractivity contribution is 9.10. The van der Waals surface area contributed by atoms with E-state index in [1.807, 2.05) is 0 Å². The van der Waals surface area contributed by atoms with Gasteiger partial charge in [-0.3, -0.25) is 4.90 Å². The lowest BCUT2D eigenvalue weighted by molar-refractivity contribution is 0.247. The lowest BCUT2D eigenvalue weighted by Gasteiger charge is -2.23. The molecule has 0 bridgehead atoms. The van der Waals surface area contributed by atoms with Crippen molar-refractivity contribution in [2.75, 3.05) is 0 Å². The summed E-state index contributed by atoms with van der Waals surface area (Å²) < 4.78 is 1.13. The van der Waals surface area contributed by atoms with Crippen LogP contribution in [0.1, 0.15) is 16.7 Å². The molecule has 0 saturated heterocycles. The molecule has 0 amide bonds. The molecule has 0 N–H and O–H groups in total. The Hall–Kier alpha value is -1.90. The number of benzene rings is 3. The van der Waals surface area contributed by atoms with Crippen LogP contribution in [0.5, 0.6) is 0 Å². The highest BCUT2D eigenvalue weighted by atomic mass is 79.9. The maximum absolute atomic E-state index is 3.57. The summed E-state index contributed by atoms with van der Waals surface area (Å²) in [5, 5.41) is 0. The molecule has 0 spiro atoms. The number of hydrogen-bond donors (Lipinski definition) is 0. The van der Waals surface area contributed by atoms with Crippen molar-refractivity contribution < 1.29 is 0 Å². The first-order chi connectivity index (χ1) is 11.3. The smallest absolute Gasteiger partial charge is 0.0241 e.